The van der Waals surface area contributed by atoms with Gasteiger partial charge in [0.1, 0.15) is 17.7 Å². The number of piperazine rings is 1. The van der Waals surface area contributed by atoms with E-state index in [-0.39, 0.29) is 12.0 Å². The molecule has 2 amide bonds. The van der Waals surface area contributed by atoms with Crippen LogP contribution in [0.2, 0.25) is 5.02 Å². The third kappa shape index (κ3) is 4.40. The van der Waals surface area contributed by atoms with E-state index in [2.05, 4.69) is 4.98 Å². The number of aromatic nitrogens is 2. The first-order chi connectivity index (χ1) is 13.6. The summed E-state index contributed by atoms with van der Waals surface area (Å²) >= 11 is 6.37. The van der Waals surface area contributed by atoms with Crippen molar-refractivity contribution < 1.29 is 19.2 Å². The molecule has 1 aliphatic heterocycles. The highest BCUT2D eigenvalue weighted by Crippen LogP contribution is 2.30. The average Bonchev–Trinajstić information content (AvgIpc) is 3.15. The molecule has 1 aliphatic rings. The van der Waals surface area contributed by atoms with E-state index < -0.39 is 5.60 Å². The zero-order chi connectivity index (χ0) is 21.3. The molecule has 0 spiro atoms. The second-order valence-corrected chi connectivity index (χ2v) is 8.23. The van der Waals surface area contributed by atoms with Crippen LogP contribution in [-0.4, -0.2) is 77.3 Å². The van der Waals surface area contributed by atoms with Gasteiger partial charge in [-0.2, -0.15) is 0 Å². The van der Waals surface area contributed by atoms with Crippen molar-refractivity contribution in [3.63, 3.8) is 0 Å². The first-order valence-corrected chi connectivity index (χ1v) is 9.70. The van der Waals surface area contributed by atoms with Gasteiger partial charge in [-0.25, -0.2) is 14.8 Å². The van der Waals surface area contributed by atoms with Gasteiger partial charge in [0.25, 0.3) is 5.91 Å². The number of halogens is 1. The number of rotatable bonds is 3. The lowest BCUT2D eigenvalue weighted by Gasteiger charge is -2.37. The van der Waals surface area contributed by atoms with Gasteiger partial charge in [-0.05, 0) is 26.8 Å². The van der Waals surface area contributed by atoms with Crippen molar-refractivity contribution >= 4 is 34.9 Å². The lowest BCUT2D eigenvalue weighted by Crippen LogP contribution is -2.51. The fourth-order valence-electron chi connectivity index (χ4n) is 3.20. The van der Waals surface area contributed by atoms with Gasteiger partial charge in [-0.15, -0.1) is 0 Å². The van der Waals surface area contributed by atoms with E-state index in [1.165, 1.54) is 7.11 Å². The first kappa shape index (κ1) is 21.2. The molecule has 29 heavy (non-hydrogen) atoms. The fourth-order valence-corrected chi connectivity index (χ4v) is 3.44. The molecule has 0 bridgehead atoms. The molecule has 10 heteroatoms. The van der Waals surface area contributed by atoms with Crippen molar-refractivity contribution in [2.45, 2.75) is 26.4 Å². The number of amides is 2. The van der Waals surface area contributed by atoms with E-state index in [4.69, 9.17) is 21.2 Å². The minimum Gasteiger partial charge on any atom is -0.444 e. The Kier molecular flexibility index (Phi) is 5.90. The van der Waals surface area contributed by atoms with Crippen molar-refractivity contribution in [3.8, 4) is 0 Å². The van der Waals surface area contributed by atoms with Gasteiger partial charge in [0.05, 0.1) is 29.4 Å². The number of anilines is 1. The molecule has 0 aliphatic carbocycles. The lowest BCUT2D eigenvalue weighted by atomic mass is 10.2. The lowest BCUT2D eigenvalue weighted by molar-refractivity contribution is -0.0756. The Morgan fingerprint density at radius 2 is 1.86 bits per heavy atom. The van der Waals surface area contributed by atoms with Crippen LogP contribution in [0.5, 0.6) is 0 Å². The summed E-state index contributed by atoms with van der Waals surface area (Å²) in [6.45, 7) is 7.54. The van der Waals surface area contributed by atoms with Gasteiger partial charge >= 0.3 is 6.09 Å². The molecule has 1 saturated heterocycles. The fraction of sp³-hybridized carbons (Fsp3) is 0.526. The molecule has 3 rings (SSSR count). The average molecular weight is 424 g/mol. The van der Waals surface area contributed by atoms with Crippen molar-refractivity contribution in [1.82, 2.24) is 19.3 Å². The van der Waals surface area contributed by atoms with Crippen molar-refractivity contribution in [2.24, 2.45) is 0 Å². The van der Waals surface area contributed by atoms with E-state index in [9.17, 15) is 9.59 Å². The topological polar surface area (TPSA) is 79.6 Å². The second kappa shape index (κ2) is 8.08. The van der Waals surface area contributed by atoms with Gasteiger partial charge in [0.2, 0.25) is 0 Å². The SMILES string of the molecule is CON(C)C(=O)c1cc(Cl)c2cncn2c1N1CCN(C(=O)OC(C)(C)C)CC1. The zero-order valence-electron chi connectivity index (χ0n) is 17.3. The molecule has 0 aromatic carbocycles. The van der Waals surface area contributed by atoms with Gasteiger partial charge in [-0.3, -0.25) is 14.0 Å². The summed E-state index contributed by atoms with van der Waals surface area (Å²) in [5, 5.41) is 1.57. The molecule has 0 radical (unpaired) electrons. The van der Waals surface area contributed by atoms with E-state index in [0.717, 1.165) is 5.06 Å². The van der Waals surface area contributed by atoms with E-state index >= 15 is 0 Å². The summed E-state index contributed by atoms with van der Waals surface area (Å²) in [7, 11) is 2.97. The standard InChI is InChI=1S/C19H26ClN5O4/c1-19(2,3)29-18(27)24-8-6-23(7-9-24)16-13(17(26)22(4)28-5)10-14(20)15-11-21-12-25(15)16/h10-12H,6-9H2,1-5H3. The number of ether oxygens (including phenoxy) is 1. The third-order valence-electron chi connectivity index (χ3n) is 4.64. The quantitative estimate of drug-likeness (QED) is 0.706. The zero-order valence-corrected chi connectivity index (χ0v) is 18.1. The highest BCUT2D eigenvalue weighted by molar-refractivity contribution is 6.34. The predicted molar refractivity (Wildman–Crippen MR) is 109 cm³/mol. The largest absolute Gasteiger partial charge is 0.444 e. The van der Waals surface area contributed by atoms with Crippen molar-refractivity contribution in [3.05, 3.63) is 29.2 Å². The van der Waals surface area contributed by atoms with Gasteiger partial charge in [-0.1, -0.05) is 11.6 Å². The van der Waals surface area contributed by atoms with Crippen LogP contribution >= 0.6 is 11.6 Å². The first-order valence-electron chi connectivity index (χ1n) is 9.32. The molecule has 2 aromatic heterocycles. The smallest absolute Gasteiger partial charge is 0.410 e. The molecule has 9 nitrogen and oxygen atoms in total. The third-order valence-corrected chi connectivity index (χ3v) is 4.95. The van der Waals surface area contributed by atoms with E-state index in [1.807, 2.05) is 25.7 Å². The number of fused-ring (bicyclic) bond motifs is 1. The van der Waals surface area contributed by atoms with Crippen LogP contribution in [-0.2, 0) is 9.57 Å². The monoisotopic (exact) mass is 423 g/mol. The van der Waals surface area contributed by atoms with Gasteiger partial charge < -0.3 is 14.5 Å². The number of imidazole rings is 1. The number of nitrogens with zero attached hydrogens (tertiary/aromatic N) is 5. The Bertz CT molecular complexity index is 915. The number of carbonyl (C=O) groups excluding carboxylic acids is 2. The van der Waals surface area contributed by atoms with Gasteiger partial charge in [0.15, 0.2) is 0 Å². The minimum absolute atomic E-state index is 0.324. The van der Waals surface area contributed by atoms with Crippen LogP contribution in [0.15, 0.2) is 18.6 Å². The Balaban J connectivity index is 1.90. The van der Waals surface area contributed by atoms with Crippen molar-refractivity contribution in [1.29, 1.82) is 0 Å². The Labute approximate surface area is 174 Å². The summed E-state index contributed by atoms with van der Waals surface area (Å²) in [5.41, 5.74) is 0.556. The maximum Gasteiger partial charge on any atom is 0.410 e. The van der Waals surface area contributed by atoms with Crippen LogP contribution in [0.1, 0.15) is 31.1 Å². The van der Waals surface area contributed by atoms with E-state index in [1.54, 1.807) is 34.9 Å². The number of pyridine rings is 1. The van der Waals surface area contributed by atoms with Crippen LogP contribution in [0, 0.1) is 0 Å². The van der Waals surface area contributed by atoms with Crippen LogP contribution in [0.4, 0.5) is 10.6 Å². The molecular weight excluding hydrogens is 398 g/mol. The van der Waals surface area contributed by atoms with Crippen LogP contribution in [0.25, 0.3) is 5.52 Å². The normalized spacial score (nSPS) is 15.0. The number of hydrogen-bond acceptors (Lipinski definition) is 6. The molecule has 3 heterocycles. The molecular formula is C19H26ClN5O4. The summed E-state index contributed by atoms with van der Waals surface area (Å²) in [4.78, 5) is 38.2. The molecule has 1 fully saturated rings. The summed E-state index contributed by atoms with van der Waals surface area (Å²) in [6, 6.07) is 1.63. The van der Waals surface area contributed by atoms with Crippen molar-refractivity contribution in [2.75, 3.05) is 45.2 Å². The van der Waals surface area contributed by atoms with E-state index in [0.29, 0.717) is 48.1 Å². The van der Waals surface area contributed by atoms with Crippen LogP contribution < -0.4 is 4.90 Å². The summed E-state index contributed by atoms with van der Waals surface area (Å²) in [6.07, 6.45) is 2.94. The Morgan fingerprint density at radius 1 is 1.21 bits per heavy atom. The summed E-state index contributed by atoms with van der Waals surface area (Å²) < 4.78 is 7.25. The highest BCUT2D eigenvalue weighted by atomic mass is 35.5. The Hall–Kier alpha value is -2.52. The maximum atomic E-state index is 12.9. The minimum atomic E-state index is -0.544. The molecule has 0 unspecified atom stereocenters. The molecule has 0 saturated carbocycles. The molecule has 0 atom stereocenters. The highest BCUT2D eigenvalue weighted by Gasteiger charge is 2.30. The number of hydroxylamine groups is 2. The van der Waals surface area contributed by atoms with Gasteiger partial charge in [0, 0.05) is 33.2 Å². The molecule has 2 aromatic rings. The Morgan fingerprint density at radius 3 is 2.45 bits per heavy atom. The predicted octanol–water partition coefficient (Wildman–Crippen LogP) is 2.68. The van der Waals surface area contributed by atoms with Crippen LogP contribution in [0.3, 0.4) is 0 Å². The maximum absolute atomic E-state index is 12.9. The molecule has 158 valence electrons. The number of hydrogen-bond donors (Lipinski definition) is 0. The summed E-state index contributed by atoms with van der Waals surface area (Å²) in [5.74, 6) is 0.342. The molecule has 0 N–H and O–H groups in total. The number of carbonyl (C=O) groups is 2. The second-order valence-electron chi connectivity index (χ2n) is 7.82.